The van der Waals surface area contributed by atoms with Gasteiger partial charge in [0, 0.05) is 37.2 Å². The lowest BCUT2D eigenvalue weighted by Crippen LogP contribution is -2.47. The molecule has 7 heteroatoms. The second-order valence-electron chi connectivity index (χ2n) is 9.37. The molecule has 0 bridgehead atoms. The van der Waals surface area contributed by atoms with E-state index in [0.29, 0.717) is 19.6 Å². The van der Waals surface area contributed by atoms with Crippen molar-refractivity contribution in [1.29, 1.82) is 0 Å². The van der Waals surface area contributed by atoms with E-state index in [9.17, 15) is 18.4 Å². The van der Waals surface area contributed by atoms with Crippen molar-refractivity contribution in [2.75, 3.05) is 19.6 Å². The molecule has 3 fully saturated rings. The fourth-order valence-electron chi connectivity index (χ4n) is 5.17. The van der Waals surface area contributed by atoms with Crippen LogP contribution < -0.4 is 5.32 Å². The van der Waals surface area contributed by atoms with Crippen LogP contribution >= 0.6 is 0 Å². The van der Waals surface area contributed by atoms with E-state index in [1.54, 1.807) is 4.90 Å². The van der Waals surface area contributed by atoms with Crippen LogP contribution in [0.1, 0.15) is 63.4 Å². The first-order valence-corrected chi connectivity index (χ1v) is 11.8. The summed E-state index contributed by atoms with van der Waals surface area (Å²) in [6, 6.07) is 3.17. The van der Waals surface area contributed by atoms with Gasteiger partial charge < -0.3 is 15.0 Å². The number of nitrogens with one attached hydrogen (secondary N) is 1. The number of carbonyl (C=O) groups is 2. The van der Waals surface area contributed by atoms with Crippen molar-refractivity contribution in [2.45, 2.75) is 69.5 Å². The number of carbonyl (C=O) groups excluding carboxylic acids is 2. The second kappa shape index (κ2) is 10.1. The van der Waals surface area contributed by atoms with Crippen LogP contribution in [0.3, 0.4) is 0 Å². The monoisotopic (exact) mass is 446 g/mol. The molecule has 1 saturated carbocycles. The molecule has 0 aromatic heterocycles. The van der Waals surface area contributed by atoms with Crippen molar-refractivity contribution in [2.24, 2.45) is 5.92 Å². The summed E-state index contributed by atoms with van der Waals surface area (Å²) in [6.45, 7) is 1.69. The zero-order valence-electron chi connectivity index (χ0n) is 18.5. The van der Waals surface area contributed by atoms with Gasteiger partial charge in [-0.05, 0) is 62.8 Å². The Bertz CT molecular complexity index is 859. The normalized spacial score (nSPS) is 23.7. The number of nitrogens with zero attached hydrogens (tertiary/aromatic N) is 1. The third kappa shape index (κ3) is 5.55. The van der Waals surface area contributed by atoms with Gasteiger partial charge in [0.2, 0.25) is 11.8 Å². The highest BCUT2D eigenvalue weighted by atomic mass is 19.1. The highest BCUT2D eigenvalue weighted by molar-refractivity contribution is 5.91. The van der Waals surface area contributed by atoms with Crippen LogP contribution in [0.2, 0.25) is 0 Å². The maximum atomic E-state index is 13.7. The number of rotatable bonds is 5. The maximum Gasteiger partial charge on any atom is 0.246 e. The van der Waals surface area contributed by atoms with E-state index in [1.807, 2.05) is 0 Å². The van der Waals surface area contributed by atoms with Crippen LogP contribution in [0.15, 0.2) is 24.3 Å². The van der Waals surface area contributed by atoms with Crippen LogP contribution in [0.25, 0.3) is 6.08 Å². The molecule has 1 N–H and O–H groups in total. The summed E-state index contributed by atoms with van der Waals surface area (Å²) in [5, 5.41) is 3.09. The summed E-state index contributed by atoms with van der Waals surface area (Å²) in [7, 11) is 0. The van der Waals surface area contributed by atoms with Gasteiger partial charge in [-0.1, -0.05) is 19.3 Å². The first-order chi connectivity index (χ1) is 15.4. The Morgan fingerprint density at radius 3 is 2.59 bits per heavy atom. The average Bonchev–Trinajstić information content (AvgIpc) is 3.21. The quantitative estimate of drug-likeness (QED) is 0.690. The van der Waals surface area contributed by atoms with Gasteiger partial charge in [0.15, 0.2) is 0 Å². The third-order valence-electron chi connectivity index (χ3n) is 7.17. The number of hydrogen-bond acceptors (Lipinski definition) is 3. The highest BCUT2D eigenvalue weighted by Gasteiger charge is 2.43. The molecule has 174 valence electrons. The van der Waals surface area contributed by atoms with E-state index in [4.69, 9.17) is 4.74 Å². The van der Waals surface area contributed by atoms with Crippen molar-refractivity contribution in [3.8, 4) is 0 Å². The molecule has 0 radical (unpaired) electrons. The number of halogens is 2. The molecule has 1 aromatic rings. The molecule has 1 aromatic carbocycles. The van der Waals surface area contributed by atoms with Gasteiger partial charge >= 0.3 is 0 Å². The number of amides is 2. The van der Waals surface area contributed by atoms with Crippen molar-refractivity contribution in [3.05, 3.63) is 41.5 Å². The molecule has 4 rings (SSSR count). The van der Waals surface area contributed by atoms with Gasteiger partial charge in [-0.3, -0.25) is 9.59 Å². The van der Waals surface area contributed by atoms with Crippen LogP contribution in [0, 0.1) is 17.6 Å². The Morgan fingerprint density at radius 2 is 1.84 bits per heavy atom. The number of likely N-dealkylation sites (tertiary alicyclic amines) is 1. The van der Waals surface area contributed by atoms with Crippen molar-refractivity contribution >= 4 is 17.9 Å². The molecular formula is C25H32F2N2O3. The molecule has 1 atom stereocenters. The highest BCUT2D eigenvalue weighted by Crippen LogP contribution is 2.39. The standard InChI is InChI=1S/C25H32F2N2O3/c26-20-7-8-22(27)19(16-20)6-9-23(30)29-14-12-25(13-15-29)11-10-21(32-25)17-28-24(31)18-4-2-1-3-5-18/h6-9,16,18,21H,1-5,10-15,17H2,(H,28,31)/b9-6+. The van der Waals surface area contributed by atoms with Gasteiger partial charge in [-0.15, -0.1) is 0 Å². The molecule has 3 aliphatic rings. The smallest absolute Gasteiger partial charge is 0.246 e. The Hall–Kier alpha value is -2.28. The first-order valence-electron chi connectivity index (χ1n) is 11.8. The summed E-state index contributed by atoms with van der Waals surface area (Å²) in [4.78, 5) is 26.6. The Labute approximate surface area is 188 Å². The number of benzene rings is 1. The fraction of sp³-hybridized carbons (Fsp3) is 0.600. The molecule has 1 aliphatic carbocycles. The summed E-state index contributed by atoms with van der Waals surface area (Å²) in [5.41, 5.74) is -0.167. The van der Waals surface area contributed by atoms with Gasteiger partial charge in [0.25, 0.3) is 0 Å². The second-order valence-corrected chi connectivity index (χ2v) is 9.37. The van der Waals surface area contributed by atoms with Gasteiger partial charge in [0.05, 0.1) is 11.7 Å². The minimum absolute atomic E-state index is 0.0284. The van der Waals surface area contributed by atoms with E-state index >= 15 is 0 Å². The van der Waals surface area contributed by atoms with Crippen LogP contribution in [0.4, 0.5) is 8.78 Å². The molecule has 2 amide bonds. The number of hydrogen-bond donors (Lipinski definition) is 1. The predicted molar refractivity (Wildman–Crippen MR) is 118 cm³/mol. The SMILES string of the molecule is O=C(NCC1CCC2(CCN(C(=O)/C=C/c3cc(F)ccc3F)CC2)O1)C1CCCCC1. The van der Waals surface area contributed by atoms with E-state index in [-0.39, 0.29) is 35.0 Å². The summed E-state index contributed by atoms with van der Waals surface area (Å²) < 4.78 is 33.4. The molecule has 1 spiro atoms. The molecule has 1 unspecified atom stereocenters. The van der Waals surface area contributed by atoms with Crippen molar-refractivity contribution in [3.63, 3.8) is 0 Å². The van der Waals surface area contributed by atoms with Crippen molar-refractivity contribution in [1.82, 2.24) is 10.2 Å². The van der Waals surface area contributed by atoms with Crippen LogP contribution in [-0.4, -0.2) is 48.1 Å². The lowest BCUT2D eigenvalue weighted by atomic mass is 9.88. The van der Waals surface area contributed by atoms with Crippen molar-refractivity contribution < 1.29 is 23.1 Å². The molecular weight excluding hydrogens is 414 g/mol. The molecule has 2 saturated heterocycles. The zero-order chi connectivity index (χ0) is 22.6. The van der Waals surface area contributed by atoms with E-state index < -0.39 is 11.6 Å². The van der Waals surface area contributed by atoms with E-state index in [1.165, 1.54) is 18.6 Å². The Kier molecular flexibility index (Phi) is 7.23. The lowest BCUT2D eigenvalue weighted by molar-refractivity contribution is -0.134. The van der Waals surface area contributed by atoms with Crippen LogP contribution in [0.5, 0.6) is 0 Å². The summed E-state index contributed by atoms with van der Waals surface area (Å²) in [5.74, 6) is -0.994. The molecule has 32 heavy (non-hydrogen) atoms. The third-order valence-corrected chi connectivity index (χ3v) is 7.17. The summed E-state index contributed by atoms with van der Waals surface area (Å²) in [6.07, 6.45) is 11.5. The van der Waals surface area contributed by atoms with Gasteiger partial charge in [0.1, 0.15) is 11.6 Å². The molecule has 2 heterocycles. The molecule has 5 nitrogen and oxygen atoms in total. The average molecular weight is 447 g/mol. The topological polar surface area (TPSA) is 58.6 Å². The minimum Gasteiger partial charge on any atom is -0.370 e. The zero-order valence-corrected chi connectivity index (χ0v) is 18.5. The Morgan fingerprint density at radius 1 is 1.09 bits per heavy atom. The largest absolute Gasteiger partial charge is 0.370 e. The van der Waals surface area contributed by atoms with Crippen LogP contribution in [-0.2, 0) is 14.3 Å². The van der Waals surface area contributed by atoms with Gasteiger partial charge in [-0.25, -0.2) is 8.78 Å². The lowest BCUT2D eigenvalue weighted by Gasteiger charge is -2.39. The fourth-order valence-corrected chi connectivity index (χ4v) is 5.17. The minimum atomic E-state index is -0.561. The first kappa shape index (κ1) is 22.9. The number of ether oxygens (including phenoxy) is 1. The predicted octanol–water partition coefficient (Wildman–Crippen LogP) is 4.21. The Balaban J connectivity index is 1.22. The summed E-state index contributed by atoms with van der Waals surface area (Å²) >= 11 is 0. The van der Waals surface area contributed by atoms with E-state index in [2.05, 4.69) is 5.32 Å². The molecule has 2 aliphatic heterocycles. The van der Waals surface area contributed by atoms with Gasteiger partial charge in [-0.2, -0.15) is 0 Å². The number of piperidine rings is 1. The van der Waals surface area contributed by atoms with E-state index in [0.717, 1.165) is 69.6 Å². The maximum absolute atomic E-state index is 13.7.